The number of nitrogens with zero attached hydrogens (tertiary/aromatic N) is 2. The van der Waals surface area contributed by atoms with E-state index in [1.54, 1.807) is 0 Å². The number of quaternary nitrogens is 1. The lowest BCUT2D eigenvalue weighted by molar-refractivity contribution is -0.929. The van der Waals surface area contributed by atoms with Crippen LogP contribution in [0.4, 0.5) is 0 Å². The maximum Gasteiger partial charge on any atom is 0.0787 e. The normalized spacial score (nSPS) is 20.3. The number of piperidine rings is 1. The standard InChI is InChI=1S/C25H52N2O2/c1-8-11-16-27(17-12-9-2,18-13-10-3)19-14-15-20-29-23-21-24(4,5)26(28)25(6,7)22-23/h23H,8-22H2,1-7H3/q+1. The van der Waals surface area contributed by atoms with Gasteiger partial charge in [0.25, 0.3) is 0 Å². The van der Waals surface area contributed by atoms with Crippen LogP contribution in [0.1, 0.15) is 113 Å². The zero-order chi connectivity index (χ0) is 22.0. The molecule has 1 saturated heterocycles. The molecular formula is C25H52N2O2+. The van der Waals surface area contributed by atoms with Gasteiger partial charge in [-0.15, -0.1) is 10.3 Å². The molecule has 0 atom stereocenters. The first-order valence-electron chi connectivity index (χ1n) is 12.6. The van der Waals surface area contributed by atoms with Crippen molar-refractivity contribution in [1.82, 2.24) is 5.06 Å². The Labute approximate surface area is 182 Å². The van der Waals surface area contributed by atoms with Crippen molar-refractivity contribution in [2.45, 2.75) is 130 Å². The second-order valence-corrected chi connectivity index (χ2v) is 10.8. The van der Waals surface area contributed by atoms with Gasteiger partial charge < -0.3 is 9.22 Å². The van der Waals surface area contributed by atoms with E-state index in [0.717, 1.165) is 25.9 Å². The molecule has 1 fully saturated rings. The van der Waals surface area contributed by atoms with Crippen LogP contribution < -0.4 is 0 Å². The summed E-state index contributed by atoms with van der Waals surface area (Å²) in [4.78, 5) is 0. The van der Waals surface area contributed by atoms with Crippen molar-refractivity contribution in [3.05, 3.63) is 0 Å². The van der Waals surface area contributed by atoms with Crippen LogP contribution in [-0.2, 0) is 9.94 Å². The molecule has 0 bridgehead atoms. The molecule has 0 N–H and O–H groups in total. The smallest absolute Gasteiger partial charge is 0.0787 e. The minimum Gasteiger partial charge on any atom is -0.378 e. The van der Waals surface area contributed by atoms with Crippen molar-refractivity contribution in [1.29, 1.82) is 0 Å². The van der Waals surface area contributed by atoms with Crippen LogP contribution in [0, 0.1) is 0 Å². The first-order chi connectivity index (χ1) is 13.6. The van der Waals surface area contributed by atoms with E-state index in [1.807, 2.05) is 0 Å². The lowest BCUT2D eigenvalue weighted by Crippen LogP contribution is -2.59. The quantitative estimate of drug-likeness (QED) is 0.231. The number of rotatable bonds is 15. The molecule has 1 radical (unpaired) electrons. The average molecular weight is 413 g/mol. The van der Waals surface area contributed by atoms with E-state index in [2.05, 4.69) is 48.5 Å². The molecule has 0 unspecified atom stereocenters. The van der Waals surface area contributed by atoms with Crippen molar-refractivity contribution >= 4 is 0 Å². The molecule has 29 heavy (non-hydrogen) atoms. The largest absolute Gasteiger partial charge is 0.378 e. The van der Waals surface area contributed by atoms with E-state index in [4.69, 9.17) is 4.74 Å². The molecule has 0 aromatic heterocycles. The number of hydroxylamine groups is 2. The Hall–Kier alpha value is -0.160. The van der Waals surface area contributed by atoms with Crippen LogP contribution in [0.2, 0.25) is 0 Å². The fourth-order valence-corrected chi connectivity index (χ4v) is 5.24. The van der Waals surface area contributed by atoms with Gasteiger partial charge in [0.1, 0.15) is 0 Å². The maximum absolute atomic E-state index is 12.5. The Morgan fingerprint density at radius 2 is 1.17 bits per heavy atom. The highest BCUT2D eigenvalue weighted by Gasteiger charge is 2.46. The Morgan fingerprint density at radius 3 is 1.59 bits per heavy atom. The molecular weight excluding hydrogens is 360 g/mol. The summed E-state index contributed by atoms with van der Waals surface area (Å²) < 4.78 is 7.61. The number of unbranched alkanes of at least 4 members (excludes halogenated alkanes) is 4. The highest BCUT2D eigenvalue weighted by molar-refractivity contribution is 4.96. The molecule has 1 rings (SSSR count). The van der Waals surface area contributed by atoms with Crippen LogP contribution in [0.3, 0.4) is 0 Å². The average Bonchev–Trinajstić information content (AvgIpc) is 2.66. The van der Waals surface area contributed by atoms with Gasteiger partial charge in [0.05, 0.1) is 32.3 Å². The molecule has 1 aliphatic heterocycles. The topological polar surface area (TPSA) is 32.4 Å². The predicted molar refractivity (Wildman–Crippen MR) is 123 cm³/mol. The molecule has 0 aromatic rings. The minimum atomic E-state index is -0.334. The van der Waals surface area contributed by atoms with Gasteiger partial charge in [-0.1, -0.05) is 40.0 Å². The van der Waals surface area contributed by atoms with Crippen LogP contribution in [0.5, 0.6) is 0 Å². The summed E-state index contributed by atoms with van der Waals surface area (Å²) in [5, 5.41) is 13.8. The molecule has 0 saturated carbocycles. The number of hydrogen-bond donors (Lipinski definition) is 0. The molecule has 1 aliphatic rings. The third kappa shape index (κ3) is 8.85. The zero-order valence-electron chi connectivity index (χ0n) is 20.9. The van der Waals surface area contributed by atoms with Crippen molar-refractivity contribution in [2.75, 3.05) is 32.8 Å². The lowest BCUT2D eigenvalue weighted by Gasteiger charge is -2.49. The maximum atomic E-state index is 12.5. The highest BCUT2D eigenvalue weighted by atomic mass is 16.5. The van der Waals surface area contributed by atoms with Crippen LogP contribution in [0.15, 0.2) is 0 Å². The number of ether oxygens (including phenoxy) is 1. The van der Waals surface area contributed by atoms with Gasteiger partial charge in [-0.3, -0.25) is 0 Å². The van der Waals surface area contributed by atoms with Crippen molar-refractivity contribution in [2.24, 2.45) is 0 Å². The molecule has 0 aromatic carbocycles. The van der Waals surface area contributed by atoms with Crippen LogP contribution in [0.25, 0.3) is 0 Å². The summed E-state index contributed by atoms with van der Waals surface area (Å²) in [6, 6.07) is 0. The third-order valence-electron chi connectivity index (χ3n) is 6.89. The van der Waals surface area contributed by atoms with E-state index in [1.165, 1.54) is 80.7 Å². The van der Waals surface area contributed by atoms with Gasteiger partial charge in [-0.25, -0.2) is 0 Å². The van der Waals surface area contributed by atoms with Crippen molar-refractivity contribution in [3.63, 3.8) is 0 Å². The summed E-state index contributed by atoms with van der Waals surface area (Å²) in [5.74, 6) is 0. The van der Waals surface area contributed by atoms with Crippen molar-refractivity contribution < 1.29 is 14.4 Å². The van der Waals surface area contributed by atoms with Gasteiger partial charge in [0.15, 0.2) is 0 Å². The Morgan fingerprint density at radius 1 is 0.759 bits per heavy atom. The molecule has 1 heterocycles. The molecule has 4 nitrogen and oxygen atoms in total. The third-order valence-corrected chi connectivity index (χ3v) is 6.89. The predicted octanol–water partition coefficient (Wildman–Crippen LogP) is 6.37. The highest BCUT2D eigenvalue weighted by Crippen LogP contribution is 2.38. The summed E-state index contributed by atoms with van der Waals surface area (Å²) in [6.45, 7) is 21.4. The van der Waals surface area contributed by atoms with E-state index >= 15 is 0 Å². The lowest BCUT2D eigenvalue weighted by atomic mass is 9.80. The van der Waals surface area contributed by atoms with E-state index < -0.39 is 0 Å². The molecule has 173 valence electrons. The fraction of sp³-hybridized carbons (Fsp3) is 1.00. The molecule has 0 aliphatic carbocycles. The van der Waals surface area contributed by atoms with Gasteiger partial charge in [-0.2, -0.15) is 0 Å². The van der Waals surface area contributed by atoms with Gasteiger partial charge in [-0.05, 0) is 72.6 Å². The monoisotopic (exact) mass is 412 g/mol. The number of hydrogen-bond acceptors (Lipinski definition) is 2. The summed E-state index contributed by atoms with van der Waals surface area (Å²) in [6.07, 6.45) is 12.2. The summed E-state index contributed by atoms with van der Waals surface area (Å²) in [7, 11) is 0. The zero-order valence-corrected chi connectivity index (χ0v) is 20.9. The van der Waals surface area contributed by atoms with E-state index in [9.17, 15) is 5.21 Å². The van der Waals surface area contributed by atoms with Crippen molar-refractivity contribution in [3.8, 4) is 0 Å². The van der Waals surface area contributed by atoms with Crippen LogP contribution in [-0.4, -0.2) is 59.5 Å². The summed E-state index contributed by atoms with van der Waals surface area (Å²) in [5.41, 5.74) is -0.669. The Bertz CT molecular complexity index is 397. The molecule has 0 spiro atoms. The fourth-order valence-electron chi connectivity index (χ4n) is 5.24. The molecule has 4 heteroatoms. The van der Waals surface area contributed by atoms with Gasteiger partial charge in [0.2, 0.25) is 0 Å². The van der Waals surface area contributed by atoms with Gasteiger partial charge in [0, 0.05) is 17.7 Å². The van der Waals surface area contributed by atoms with Gasteiger partial charge >= 0.3 is 0 Å². The Balaban J connectivity index is 2.51. The van der Waals surface area contributed by atoms with Crippen LogP contribution >= 0.6 is 0 Å². The molecule has 0 amide bonds. The first kappa shape index (κ1) is 26.9. The van der Waals surface area contributed by atoms with E-state index in [-0.39, 0.29) is 17.2 Å². The second-order valence-electron chi connectivity index (χ2n) is 10.8. The summed E-state index contributed by atoms with van der Waals surface area (Å²) >= 11 is 0. The van der Waals surface area contributed by atoms with E-state index in [0.29, 0.717) is 0 Å². The minimum absolute atomic E-state index is 0.213. The SMILES string of the molecule is CCCC[N+](CCCC)(CCCC)CCCCOC1CC(C)(C)N([O])C(C)(C)C1. The Kier molecular flexibility index (Phi) is 11.7. The second kappa shape index (κ2) is 12.6. The first-order valence-corrected chi connectivity index (χ1v) is 12.6.